The van der Waals surface area contributed by atoms with Gasteiger partial charge in [-0.05, 0) is 33.7 Å². The first-order chi connectivity index (χ1) is 13.2. The van der Waals surface area contributed by atoms with Crippen molar-refractivity contribution in [2.24, 2.45) is 5.11 Å². The molecule has 0 saturated heterocycles. The van der Waals surface area contributed by atoms with Crippen LogP contribution in [0.5, 0.6) is 0 Å². The average molecular weight is 351 g/mol. The molecule has 5 rings (SSSR count). The Kier molecular flexibility index (Phi) is 3.62. The van der Waals surface area contributed by atoms with Crippen molar-refractivity contribution in [1.82, 2.24) is 4.48 Å². The van der Waals surface area contributed by atoms with Crippen molar-refractivity contribution in [2.45, 2.75) is 0 Å². The summed E-state index contributed by atoms with van der Waals surface area (Å²) in [4.78, 5) is 0. The van der Waals surface area contributed by atoms with Crippen LogP contribution in [0.25, 0.3) is 10.8 Å². The van der Waals surface area contributed by atoms with Gasteiger partial charge in [-0.15, -0.1) is 0 Å². The highest BCUT2D eigenvalue weighted by Crippen LogP contribution is 2.45. The van der Waals surface area contributed by atoms with Crippen molar-refractivity contribution in [3.05, 3.63) is 97.1 Å². The fourth-order valence-electron chi connectivity index (χ4n) is 3.91. The fraction of sp³-hybridized carbons (Fsp3) is 0.0833. The SMILES string of the molecule is C[N+]1(c2ccccc2)C[N+](c2ccccc2)=Nc2cc3ccccc3cc21. The van der Waals surface area contributed by atoms with Gasteiger partial charge >= 0.3 is 6.67 Å². The van der Waals surface area contributed by atoms with Gasteiger partial charge in [-0.25, -0.2) is 4.48 Å². The molecule has 0 spiro atoms. The minimum Gasteiger partial charge on any atom is -0.202 e. The Bertz CT molecular complexity index is 1150. The molecule has 1 aliphatic rings. The standard InChI is InChI=1S/C24H21N3/c1-27(22-14-6-3-7-15-22)18-26(21-12-4-2-5-13-21)25-23-16-19-10-8-9-11-20(19)17-24(23)27/h2-17H,18H2,1H3/q+2. The first-order valence-corrected chi connectivity index (χ1v) is 9.23. The zero-order valence-corrected chi connectivity index (χ0v) is 15.3. The van der Waals surface area contributed by atoms with E-state index in [1.807, 2.05) is 6.07 Å². The Morgan fingerprint density at radius 3 is 2.04 bits per heavy atom. The van der Waals surface area contributed by atoms with Crippen LogP contribution in [0.4, 0.5) is 22.7 Å². The van der Waals surface area contributed by atoms with Crippen LogP contribution in [-0.4, -0.2) is 18.4 Å². The van der Waals surface area contributed by atoms with E-state index in [4.69, 9.17) is 5.11 Å². The summed E-state index contributed by atoms with van der Waals surface area (Å²) in [6.07, 6.45) is 0. The summed E-state index contributed by atoms with van der Waals surface area (Å²) >= 11 is 0. The molecule has 0 amide bonds. The quantitative estimate of drug-likeness (QED) is 0.289. The molecular weight excluding hydrogens is 330 g/mol. The van der Waals surface area contributed by atoms with Crippen LogP contribution in [0.1, 0.15) is 0 Å². The summed E-state index contributed by atoms with van der Waals surface area (Å²) in [7, 11) is 2.27. The van der Waals surface area contributed by atoms with Gasteiger partial charge in [-0.3, -0.25) is 0 Å². The maximum absolute atomic E-state index is 5.00. The third kappa shape index (κ3) is 2.64. The maximum atomic E-state index is 5.00. The van der Waals surface area contributed by atoms with E-state index in [0.717, 1.165) is 18.0 Å². The lowest BCUT2D eigenvalue weighted by Crippen LogP contribution is -2.46. The maximum Gasteiger partial charge on any atom is 0.311 e. The molecule has 0 aromatic heterocycles. The number of hydrogen-bond acceptors (Lipinski definition) is 1. The number of benzene rings is 4. The summed E-state index contributed by atoms with van der Waals surface area (Å²) in [5, 5.41) is 7.47. The van der Waals surface area contributed by atoms with Crippen molar-refractivity contribution >= 4 is 33.5 Å². The first-order valence-electron chi connectivity index (χ1n) is 9.23. The molecule has 4 aromatic carbocycles. The lowest BCUT2D eigenvalue weighted by atomic mass is 10.1. The van der Waals surface area contributed by atoms with Gasteiger partial charge in [0.15, 0.2) is 11.4 Å². The van der Waals surface area contributed by atoms with Crippen LogP contribution in [0.2, 0.25) is 0 Å². The largest absolute Gasteiger partial charge is 0.311 e. The number of para-hydroxylation sites is 2. The first kappa shape index (κ1) is 15.9. The molecule has 0 saturated carbocycles. The van der Waals surface area contributed by atoms with Gasteiger partial charge in [0.1, 0.15) is 5.69 Å². The predicted molar refractivity (Wildman–Crippen MR) is 111 cm³/mol. The molecule has 130 valence electrons. The van der Waals surface area contributed by atoms with E-state index in [2.05, 4.69) is 103 Å². The van der Waals surface area contributed by atoms with Gasteiger partial charge in [-0.1, -0.05) is 60.7 Å². The van der Waals surface area contributed by atoms with E-state index in [-0.39, 0.29) is 0 Å². The summed E-state index contributed by atoms with van der Waals surface area (Å²) < 4.78 is 2.80. The molecule has 0 radical (unpaired) electrons. The fourth-order valence-corrected chi connectivity index (χ4v) is 3.91. The number of fused-ring (bicyclic) bond motifs is 2. The van der Waals surface area contributed by atoms with Gasteiger partial charge in [0.2, 0.25) is 5.69 Å². The zero-order valence-electron chi connectivity index (χ0n) is 15.3. The second kappa shape index (κ2) is 6.15. The molecule has 0 bridgehead atoms. The van der Waals surface area contributed by atoms with Gasteiger partial charge in [-0.2, -0.15) is 0 Å². The van der Waals surface area contributed by atoms with E-state index in [0.29, 0.717) is 4.48 Å². The lowest BCUT2D eigenvalue weighted by molar-refractivity contribution is -0.527. The molecule has 3 heteroatoms. The number of nitrogens with zero attached hydrogens (tertiary/aromatic N) is 3. The minimum absolute atomic E-state index is 0.680. The highest BCUT2D eigenvalue weighted by Gasteiger charge is 2.41. The van der Waals surface area contributed by atoms with Gasteiger partial charge in [0.25, 0.3) is 0 Å². The Balaban J connectivity index is 1.79. The summed E-state index contributed by atoms with van der Waals surface area (Å²) in [5.41, 5.74) is 4.61. The van der Waals surface area contributed by atoms with Gasteiger partial charge in [0.05, 0.1) is 7.05 Å². The van der Waals surface area contributed by atoms with E-state index < -0.39 is 0 Å². The molecule has 1 atom stereocenters. The van der Waals surface area contributed by atoms with E-state index in [1.165, 1.54) is 22.1 Å². The number of hydrogen-bond donors (Lipinski definition) is 0. The molecule has 27 heavy (non-hydrogen) atoms. The van der Waals surface area contributed by atoms with Crippen molar-refractivity contribution in [2.75, 3.05) is 13.7 Å². The summed E-state index contributed by atoms with van der Waals surface area (Å²) in [5.74, 6) is 0. The van der Waals surface area contributed by atoms with Crippen LogP contribution >= 0.6 is 0 Å². The second-order valence-corrected chi connectivity index (χ2v) is 7.19. The molecule has 0 aliphatic carbocycles. The lowest BCUT2D eigenvalue weighted by Gasteiger charge is -2.33. The molecule has 1 heterocycles. The average Bonchev–Trinajstić information content (AvgIpc) is 2.74. The Morgan fingerprint density at radius 1 is 0.741 bits per heavy atom. The topological polar surface area (TPSA) is 15.4 Å². The molecule has 3 nitrogen and oxygen atoms in total. The number of rotatable bonds is 2. The van der Waals surface area contributed by atoms with Crippen LogP contribution < -0.4 is 4.48 Å². The van der Waals surface area contributed by atoms with Crippen molar-refractivity contribution in [3.8, 4) is 0 Å². The molecule has 1 aliphatic heterocycles. The minimum atomic E-state index is 0.680. The van der Waals surface area contributed by atoms with Crippen molar-refractivity contribution in [1.29, 1.82) is 0 Å². The van der Waals surface area contributed by atoms with E-state index in [9.17, 15) is 0 Å². The van der Waals surface area contributed by atoms with Crippen LogP contribution in [0, 0.1) is 0 Å². The Morgan fingerprint density at radius 2 is 1.33 bits per heavy atom. The molecule has 4 aromatic rings. The molecule has 1 unspecified atom stereocenters. The molecule has 0 N–H and O–H groups in total. The zero-order chi connectivity index (χ0) is 18.3. The predicted octanol–water partition coefficient (Wildman–Crippen LogP) is 6.51. The van der Waals surface area contributed by atoms with Crippen LogP contribution in [-0.2, 0) is 0 Å². The number of quaternary nitrogens is 1. The van der Waals surface area contributed by atoms with E-state index >= 15 is 0 Å². The van der Waals surface area contributed by atoms with E-state index in [1.54, 1.807) is 0 Å². The summed E-state index contributed by atoms with van der Waals surface area (Å²) in [6, 6.07) is 34.1. The van der Waals surface area contributed by atoms with Gasteiger partial charge in [0, 0.05) is 23.3 Å². The van der Waals surface area contributed by atoms with Crippen molar-refractivity contribution < 1.29 is 4.70 Å². The third-order valence-electron chi connectivity index (χ3n) is 5.40. The van der Waals surface area contributed by atoms with Crippen molar-refractivity contribution in [3.63, 3.8) is 0 Å². The molecular formula is C24H21N3+2. The monoisotopic (exact) mass is 351 g/mol. The smallest absolute Gasteiger partial charge is 0.202 e. The highest BCUT2D eigenvalue weighted by molar-refractivity contribution is 5.91. The van der Waals surface area contributed by atoms with Crippen LogP contribution in [0.15, 0.2) is 102 Å². The Hall–Kier alpha value is -3.30. The highest BCUT2D eigenvalue weighted by atomic mass is 15.5. The Labute approximate surface area is 159 Å². The molecule has 0 fully saturated rings. The van der Waals surface area contributed by atoms with Gasteiger partial charge < -0.3 is 0 Å². The third-order valence-corrected chi connectivity index (χ3v) is 5.40. The second-order valence-electron chi connectivity index (χ2n) is 7.19. The number of azo groups is 2. The van der Waals surface area contributed by atoms with Crippen LogP contribution in [0.3, 0.4) is 0 Å². The summed E-state index contributed by atoms with van der Waals surface area (Å²) in [6.45, 7) is 0.749. The normalized spacial score (nSPS) is 18.8.